The van der Waals surface area contributed by atoms with Gasteiger partial charge in [-0.05, 0) is 52.7 Å². The van der Waals surface area contributed by atoms with E-state index in [0.717, 1.165) is 23.1 Å². The predicted octanol–water partition coefficient (Wildman–Crippen LogP) is 5.34. The maximum absolute atomic E-state index is 11.0. The highest BCUT2D eigenvalue weighted by molar-refractivity contribution is 6.74. The fourth-order valence-corrected chi connectivity index (χ4v) is 4.17. The zero-order valence-electron chi connectivity index (χ0n) is 17.1. The monoisotopic (exact) mass is 390 g/mol. The largest absolute Gasteiger partial charge is 0.465 e. The van der Waals surface area contributed by atoms with Gasteiger partial charge in [0.15, 0.2) is 8.32 Å². The topological polar surface area (TPSA) is 98.5 Å². The van der Waals surface area contributed by atoms with Gasteiger partial charge in [-0.2, -0.15) is 0 Å². The van der Waals surface area contributed by atoms with Crippen LogP contribution in [0.4, 0.5) is 4.79 Å². The Bertz CT molecular complexity index is 754. The molecule has 1 aliphatic carbocycles. The van der Waals surface area contributed by atoms with Crippen molar-refractivity contribution < 1.29 is 14.3 Å². The molecule has 0 fully saturated rings. The van der Waals surface area contributed by atoms with Crippen LogP contribution in [0, 0.1) is 5.92 Å². The van der Waals surface area contributed by atoms with Crippen molar-refractivity contribution in [2.75, 3.05) is 13.7 Å². The van der Waals surface area contributed by atoms with Crippen LogP contribution in [0.25, 0.3) is 10.4 Å². The lowest BCUT2D eigenvalue weighted by atomic mass is 10.0. The summed E-state index contributed by atoms with van der Waals surface area (Å²) < 4.78 is 6.38. The molecule has 148 valence electrons. The van der Waals surface area contributed by atoms with Gasteiger partial charge in [0.2, 0.25) is 0 Å². The van der Waals surface area contributed by atoms with Crippen LogP contribution in [0.1, 0.15) is 43.5 Å². The van der Waals surface area contributed by atoms with Crippen LogP contribution in [-0.2, 0) is 17.4 Å². The minimum absolute atomic E-state index is 0.109. The van der Waals surface area contributed by atoms with E-state index in [-0.39, 0.29) is 17.0 Å². The first kappa shape index (κ1) is 21.3. The van der Waals surface area contributed by atoms with Crippen molar-refractivity contribution >= 4 is 14.4 Å². The molecule has 1 aromatic carbocycles. The van der Waals surface area contributed by atoms with Crippen molar-refractivity contribution in [3.8, 4) is 0 Å². The van der Waals surface area contributed by atoms with Crippen LogP contribution in [0.15, 0.2) is 23.3 Å². The third-order valence-electron chi connectivity index (χ3n) is 5.84. The van der Waals surface area contributed by atoms with Crippen molar-refractivity contribution in [2.24, 2.45) is 11.0 Å². The Labute approximate surface area is 162 Å². The number of hydrogen-bond donors (Lipinski definition) is 1. The Balaban J connectivity index is 2.19. The number of hydrogen-bond acceptors (Lipinski definition) is 3. The summed E-state index contributed by atoms with van der Waals surface area (Å²) in [5.41, 5.74) is 12.1. The van der Waals surface area contributed by atoms with Crippen molar-refractivity contribution in [1.29, 1.82) is 0 Å². The number of benzene rings is 1. The van der Waals surface area contributed by atoms with E-state index in [1.54, 1.807) is 7.05 Å². The van der Waals surface area contributed by atoms with Crippen molar-refractivity contribution in [2.45, 2.75) is 57.9 Å². The van der Waals surface area contributed by atoms with E-state index in [9.17, 15) is 4.79 Å². The zero-order valence-corrected chi connectivity index (χ0v) is 18.1. The van der Waals surface area contributed by atoms with E-state index in [2.05, 4.69) is 43.9 Å². The van der Waals surface area contributed by atoms with Crippen molar-refractivity contribution in [3.63, 3.8) is 0 Å². The maximum Gasteiger partial charge on any atom is 0.407 e. The molecule has 0 saturated carbocycles. The fourth-order valence-electron chi connectivity index (χ4n) is 3.11. The Hall–Kier alpha value is -2.02. The molecule has 1 aromatic rings. The molecule has 0 aliphatic heterocycles. The molecule has 0 radical (unpaired) electrons. The van der Waals surface area contributed by atoms with Gasteiger partial charge in [-0.1, -0.05) is 44.1 Å². The molecule has 0 unspecified atom stereocenters. The molecule has 0 bridgehead atoms. The summed E-state index contributed by atoms with van der Waals surface area (Å²) in [5.74, 6) is 0.109. The summed E-state index contributed by atoms with van der Waals surface area (Å²) in [6, 6.07) is 5.67. The second-order valence-corrected chi connectivity index (χ2v) is 13.7. The quantitative estimate of drug-likeness (QED) is 0.307. The second kappa shape index (κ2) is 7.92. The van der Waals surface area contributed by atoms with Gasteiger partial charge in [0.05, 0.1) is 6.04 Å². The standard InChI is InChI=1S/C19H30N4O3Si/c1-19(2,3)27(5,6)26-12-15-10-14-9-13(11-23(4)18(24)25)7-8-16(14)17(15)21-22-20/h7-9,15,17H,10-12H2,1-6H3,(H,24,25)/t15-,17-/m1/s1. The molecule has 2 atom stereocenters. The molecular formula is C19H30N4O3Si. The zero-order chi connectivity index (χ0) is 20.4. The summed E-state index contributed by atoms with van der Waals surface area (Å²) in [6.45, 7) is 12.0. The molecule has 8 heteroatoms. The van der Waals surface area contributed by atoms with E-state index < -0.39 is 14.4 Å². The number of nitrogens with zero attached hydrogens (tertiary/aromatic N) is 4. The van der Waals surface area contributed by atoms with E-state index in [1.807, 2.05) is 18.2 Å². The molecule has 1 amide bonds. The highest BCUT2D eigenvalue weighted by Crippen LogP contribution is 2.42. The van der Waals surface area contributed by atoms with Gasteiger partial charge in [-0.25, -0.2) is 4.79 Å². The van der Waals surface area contributed by atoms with Gasteiger partial charge in [-0.15, -0.1) is 0 Å². The Morgan fingerprint density at radius 1 is 1.44 bits per heavy atom. The van der Waals surface area contributed by atoms with Gasteiger partial charge in [0.1, 0.15) is 0 Å². The minimum Gasteiger partial charge on any atom is -0.465 e. The molecule has 27 heavy (non-hydrogen) atoms. The van der Waals surface area contributed by atoms with E-state index in [4.69, 9.17) is 15.1 Å². The number of amides is 1. The van der Waals surface area contributed by atoms with Crippen molar-refractivity contribution in [3.05, 3.63) is 45.3 Å². The lowest BCUT2D eigenvalue weighted by molar-refractivity contribution is 0.153. The summed E-state index contributed by atoms with van der Waals surface area (Å²) >= 11 is 0. The number of fused-ring (bicyclic) bond motifs is 1. The minimum atomic E-state index is -1.88. The van der Waals surface area contributed by atoms with Crippen LogP contribution in [-0.4, -0.2) is 38.1 Å². The number of azide groups is 1. The van der Waals surface area contributed by atoms with Crippen LogP contribution in [0.3, 0.4) is 0 Å². The van der Waals surface area contributed by atoms with E-state index >= 15 is 0 Å². The van der Waals surface area contributed by atoms with Gasteiger partial charge in [0.25, 0.3) is 0 Å². The highest BCUT2D eigenvalue weighted by Gasteiger charge is 2.39. The van der Waals surface area contributed by atoms with Gasteiger partial charge < -0.3 is 14.4 Å². The third kappa shape index (κ3) is 4.83. The number of carbonyl (C=O) groups is 1. The summed E-state index contributed by atoms with van der Waals surface area (Å²) in [6.07, 6.45) is -0.179. The number of rotatable bonds is 6. The molecule has 1 aliphatic rings. The Morgan fingerprint density at radius 2 is 2.11 bits per heavy atom. The Kier molecular flexibility index (Phi) is 6.24. The van der Waals surface area contributed by atoms with Gasteiger partial charge in [-0.3, -0.25) is 0 Å². The fraction of sp³-hybridized carbons (Fsp3) is 0.632. The molecule has 0 aromatic heterocycles. The lowest BCUT2D eigenvalue weighted by Crippen LogP contribution is -2.42. The molecule has 0 heterocycles. The molecule has 0 spiro atoms. The molecule has 1 N–H and O–H groups in total. The van der Waals surface area contributed by atoms with Crippen LogP contribution in [0.2, 0.25) is 18.1 Å². The molecule has 7 nitrogen and oxygen atoms in total. The normalized spacial score (nSPS) is 19.3. The van der Waals surface area contributed by atoms with E-state index in [1.165, 1.54) is 4.90 Å². The first-order valence-electron chi connectivity index (χ1n) is 9.20. The smallest absolute Gasteiger partial charge is 0.407 e. The first-order chi connectivity index (χ1) is 12.5. The maximum atomic E-state index is 11.0. The average Bonchev–Trinajstić information content (AvgIpc) is 2.89. The second-order valence-electron chi connectivity index (χ2n) is 8.86. The highest BCUT2D eigenvalue weighted by atomic mass is 28.4. The molecular weight excluding hydrogens is 360 g/mol. The third-order valence-corrected chi connectivity index (χ3v) is 10.3. The average molecular weight is 391 g/mol. The van der Waals surface area contributed by atoms with Crippen LogP contribution in [0.5, 0.6) is 0 Å². The first-order valence-corrected chi connectivity index (χ1v) is 12.1. The molecule has 2 rings (SSSR count). The predicted molar refractivity (Wildman–Crippen MR) is 108 cm³/mol. The van der Waals surface area contributed by atoms with Gasteiger partial charge >= 0.3 is 6.09 Å². The van der Waals surface area contributed by atoms with Crippen LogP contribution < -0.4 is 0 Å². The number of carboxylic acid groups (broad SMARTS) is 1. The van der Waals surface area contributed by atoms with E-state index in [0.29, 0.717) is 13.2 Å². The summed E-state index contributed by atoms with van der Waals surface area (Å²) in [7, 11) is -0.331. The Morgan fingerprint density at radius 3 is 2.67 bits per heavy atom. The SMILES string of the molecule is CN(Cc1ccc2c(c1)C[C@H](CO[Si](C)(C)C(C)(C)C)[C@H]2N=[N+]=[N-])C(=O)O. The van der Waals surface area contributed by atoms with Crippen molar-refractivity contribution in [1.82, 2.24) is 4.90 Å². The summed E-state index contributed by atoms with van der Waals surface area (Å²) in [5, 5.41) is 13.2. The lowest BCUT2D eigenvalue weighted by Gasteiger charge is -2.37. The van der Waals surface area contributed by atoms with Gasteiger partial charge in [0, 0.05) is 25.1 Å². The molecule has 0 saturated heterocycles. The van der Waals surface area contributed by atoms with Crippen LogP contribution >= 0.6 is 0 Å². The summed E-state index contributed by atoms with van der Waals surface area (Å²) in [4.78, 5) is 15.3.